The van der Waals surface area contributed by atoms with Gasteiger partial charge in [-0.1, -0.05) is 24.3 Å². The van der Waals surface area contributed by atoms with Crippen LogP contribution >= 0.6 is 24.0 Å². The van der Waals surface area contributed by atoms with E-state index in [1.54, 1.807) is 14.2 Å². The number of hydrogen-bond donors (Lipinski definition) is 2. The lowest BCUT2D eigenvalue weighted by Gasteiger charge is -2.32. The van der Waals surface area contributed by atoms with E-state index in [2.05, 4.69) is 58.7 Å². The summed E-state index contributed by atoms with van der Waals surface area (Å²) in [4.78, 5) is 9.66. The summed E-state index contributed by atoms with van der Waals surface area (Å²) < 4.78 is 10.8. The smallest absolute Gasteiger partial charge is 0.191 e. The number of piperazine rings is 1. The molecule has 0 aromatic heterocycles. The normalized spacial score (nSPS) is 15.0. The van der Waals surface area contributed by atoms with E-state index >= 15 is 0 Å². The lowest BCUT2D eigenvalue weighted by Crippen LogP contribution is -2.43. The van der Waals surface area contributed by atoms with Gasteiger partial charge in [0.15, 0.2) is 5.96 Å². The number of guanidine groups is 1. The molecule has 0 unspecified atom stereocenters. The second kappa shape index (κ2) is 14.3. The van der Waals surface area contributed by atoms with Gasteiger partial charge in [0.2, 0.25) is 0 Å². The Morgan fingerprint density at radius 1 is 0.939 bits per heavy atom. The fourth-order valence-electron chi connectivity index (χ4n) is 3.70. The summed E-state index contributed by atoms with van der Waals surface area (Å²) in [6.45, 7) is 9.70. The van der Waals surface area contributed by atoms with E-state index in [-0.39, 0.29) is 24.0 Å². The van der Waals surface area contributed by atoms with Gasteiger partial charge in [0.05, 0.1) is 20.8 Å². The number of halogens is 1. The second-order valence-corrected chi connectivity index (χ2v) is 8.12. The molecule has 0 amide bonds. The highest BCUT2D eigenvalue weighted by atomic mass is 127. The first kappa shape index (κ1) is 27.2. The van der Waals surface area contributed by atoms with Crippen LogP contribution in [0.2, 0.25) is 0 Å². The zero-order chi connectivity index (χ0) is 22.8. The summed E-state index contributed by atoms with van der Waals surface area (Å²) in [7, 11) is 5.52. The van der Waals surface area contributed by atoms with Crippen LogP contribution in [0.15, 0.2) is 47.5 Å². The Labute approximate surface area is 215 Å². The van der Waals surface area contributed by atoms with Gasteiger partial charge in [-0.3, -0.25) is 4.90 Å². The molecular formula is C25H38IN5O2. The van der Waals surface area contributed by atoms with Gasteiger partial charge >= 0.3 is 0 Å². The first-order chi connectivity index (χ1) is 15.6. The predicted octanol–water partition coefficient (Wildman–Crippen LogP) is 3.32. The molecule has 2 aromatic rings. The standard InChI is InChI=1S/C25H37N5O2.HI/c1-5-26-25(28-18-22-10-11-23(31-3)16-24(22)32-4)27-17-20-6-8-21(9-7-20)19-30-14-12-29(2)13-15-30;/h6-11,16H,5,12-15,17-19H2,1-4H3,(H2,26,27,28);1H. The maximum absolute atomic E-state index is 5.49. The van der Waals surface area contributed by atoms with Crippen molar-refractivity contribution >= 4 is 29.9 Å². The Hall–Kier alpha value is -2.04. The Kier molecular flexibility index (Phi) is 11.8. The molecule has 1 saturated heterocycles. The van der Waals surface area contributed by atoms with Crippen molar-refractivity contribution in [3.05, 3.63) is 59.2 Å². The molecule has 33 heavy (non-hydrogen) atoms. The van der Waals surface area contributed by atoms with Crippen LogP contribution in [0.1, 0.15) is 23.6 Å². The van der Waals surface area contributed by atoms with Gasteiger partial charge in [-0.25, -0.2) is 4.99 Å². The van der Waals surface area contributed by atoms with Crippen LogP contribution < -0.4 is 20.1 Å². The predicted molar refractivity (Wildman–Crippen MR) is 146 cm³/mol. The fraction of sp³-hybridized carbons (Fsp3) is 0.480. The van der Waals surface area contributed by atoms with E-state index in [1.807, 2.05) is 18.2 Å². The molecule has 0 aliphatic carbocycles. The topological polar surface area (TPSA) is 61.4 Å². The third kappa shape index (κ3) is 8.68. The number of nitrogens with zero attached hydrogens (tertiary/aromatic N) is 3. The summed E-state index contributed by atoms with van der Waals surface area (Å²) in [5, 5.41) is 6.71. The van der Waals surface area contributed by atoms with Crippen LogP contribution in [-0.2, 0) is 19.6 Å². The molecule has 8 heteroatoms. The van der Waals surface area contributed by atoms with Gasteiger partial charge in [-0.2, -0.15) is 0 Å². The number of rotatable bonds is 9. The molecule has 3 rings (SSSR count). The Balaban J connectivity index is 0.00000385. The number of benzene rings is 2. The maximum Gasteiger partial charge on any atom is 0.191 e. The van der Waals surface area contributed by atoms with Crippen LogP contribution in [0, 0.1) is 0 Å². The van der Waals surface area contributed by atoms with E-state index in [0.717, 1.165) is 62.3 Å². The van der Waals surface area contributed by atoms with Gasteiger partial charge in [0, 0.05) is 57.4 Å². The van der Waals surface area contributed by atoms with Crippen molar-refractivity contribution in [2.75, 3.05) is 54.0 Å². The van der Waals surface area contributed by atoms with Crippen LogP contribution in [-0.4, -0.2) is 69.8 Å². The molecule has 1 aliphatic heterocycles. The third-order valence-corrected chi connectivity index (χ3v) is 5.73. The maximum atomic E-state index is 5.49. The number of nitrogens with one attached hydrogen (secondary N) is 2. The van der Waals surface area contributed by atoms with Crippen molar-refractivity contribution in [3.63, 3.8) is 0 Å². The molecule has 2 N–H and O–H groups in total. The number of aliphatic imine (C=N–C) groups is 1. The van der Waals surface area contributed by atoms with Gasteiger partial charge < -0.3 is 25.0 Å². The molecule has 7 nitrogen and oxygen atoms in total. The summed E-state index contributed by atoms with van der Waals surface area (Å²) in [5.74, 6) is 2.36. The Bertz CT molecular complexity index is 868. The van der Waals surface area contributed by atoms with Gasteiger partial charge in [0.25, 0.3) is 0 Å². The Morgan fingerprint density at radius 3 is 2.27 bits per heavy atom. The first-order valence-corrected chi connectivity index (χ1v) is 11.3. The monoisotopic (exact) mass is 567 g/mol. The molecule has 0 radical (unpaired) electrons. The first-order valence-electron chi connectivity index (χ1n) is 11.3. The van der Waals surface area contributed by atoms with Gasteiger partial charge in [-0.05, 0) is 37.2 Å². The Morgan fingerprint density at radius 2 is 1.64 bits per heavy atom. The molecule has 0 bridgehead atoms. The molecule has 1 heterocycles. The van der Waals surface area contributed by atoms with E-state index in [9.17, 15) is 0 Å². The number of ether oxygens (including phenoxy) is 2. The zero-order valence-electron chi connectivity index (χ0n) is 20.3. The fourth-order valence-corrected chi connectivity index (χ4v) is 3.70. The van der Waals surface area contributed by atoms with E-state index in [0.29, 0.717) is 13.1 Å². The quantitative estimate of drug-likeness (QED) is 0.276. The SMILES string of the molecule is CCNC(=NCc1ccc(CN2CCN(C)CC2)cc1)NCc1ccc(OC)cc1OC.I. The van der Waals surface area contributed by atoms with Crippen LogP contribution in [0.4, 0.5) is 0 Å². The number of likely N-dealkylation sites (N-methyl/N-ethyl adjacent to an activating group) is 1. The highest BCUT2D eigenvalue weighted by Crippen LogP contribution is 2.24. The minimum absolute atomic E-state index is 0. The molecule has 0 spiro atoms. The van der Waals surface area contributed by atoms with Crippen molar-refractivity contribution in [2.45, 2.75) is 26.6 Å². The highest BCUT2D eigenvalue weighted by Gasteiger charge is 2.13. The van der Waals surface area contributed by atoms with Gasteiger partial charge in [0.1, 0.15) is 11.5 Å². The van der Waals surface area contributed by atoms with Crippen LogP contribution in [0.5, 0.6) is 11.5 Å². The lowest BCUT2D eigenvalue weighted by atomic mass is 10.1. The molecule has 1 aliphatic rings. The van der Waals surface area contributed by atoms with Crippen molar-refractivity contribution in [3.8, 4) is 11.5 Å². The zero-order valence-corrected chi connectivity index (χ0v) is 22.6. The average Bonchev–Trinajstić information content (AvgIpc) is 2.83. The highest BCUT2D eigenvalue weighted by molar-refractivity contribution is 14.0. The van der Waals surface area contributed by atoms with Crippen molar-refractivity contribution in [1.29, 1.82) is 0 Å². The summed E-state index contributed by atoms with van der Waals surface area (Å²) in [6.07, 6.45) is 0. The van der Waals surface area contributed by atoms with Crippen molar-refractivity contribution < 1.29 is 9.47 Å². The van der Waals surface area contributed by atoms with Crippen LogP contribution in [0.3, 0.4) is 0 Å². The van der Waals surface area contributed by atoms with E-state index in [1.165, 1.54) is 11.1 Å². The summed E-state index contributed by atoms with van der Waals surface area (Å²) >= 11 is 0. The molecular weight excluding hydrogens is 529 g/mol. The number of hydrogen-bond acceptors (Lipinski definition) is 5. The lowest BCUT2D eigenvalue weighted by molar-refractivity contribution is 0.148. The minimum atomic E-state index is 0. The second-order valence-electron chi connectivity index (χ2n) is 8.12. The minimum Gasteiger partial charge on any atom is -0.497 e. The van der Waals surface area contributed by atoms with Crippen molar-refractivity contribution in [1.82, 2.24) is 20.4 Å². The summed E-state index contributed by atoms with van der Waals surface area (Å²) in [5.41, 5.74) is 3.61. The molecule has 182 valence electrons. The number of methoxy groups -OCH3 is 2. The van der Waals surface area contributed by atoms with Gasteiger partial charge in [-0.15, -0.1) is 24.0 Å². The summed E-state index contributed by atoms with van der Waals surface area (Å²) in [6, 6.07) is 14.7. The molecule has 0 atom stereocenters. The largest absolute Gasteiger partial charge is 0.497 e. The molecule has 2 aromatic carbocycles. The van der Waals surface area contributed by atoms with E-state index in [4.69, 9.17) is 14.5 Å². The molecule has 1 fully saturated rings. The molecule has 0 saturated carbocycles. The third-order valence-electron chi connectivity index (χ3n) is 5.73. The van der Waals surface area contributed by atoms with Crippen molar-refractivity contribution in [2.24, 2.45) is 4.99 Å². The van der Waals surface area contributed by atoms with E-state index < -0.39 is 0 Å². The average molecular weight is 568 g/mol. The van der Waals surface area contributed by atoms with Crippen LogP contribution in [0.25, 0.3) is 0 Å².